The van der Waals surface area contributed by atoms with Gasteiger partial charge in [0.15, 0.2) is 0 Å². The number of thiazole rings is 1. The largest absolute Gasteiger partial charge is 0.302 e. The lowest BCUT2D eigenvalue weighted by atomic mass is 10.1. The van der Waals surface area contributed by atoms with Gasteiger partial charge >= 0.3 is 0 Å². The summed E-state index contributed by atoms with van der Waals surface area (Å²) >= 11 is 1.51. The predicted octanol–water partition coefficient (Wildman–Crippen LogP) is 5.45. The number of hydrogen-bond acceptors (Lipinski definition) is 5. The van der Waals surface area contributed by atoms with E-state index in [1.54, 1.807) is 60.4 Å². The first-order chi connectivity index (χ1) is 16.9. The van der Waals surface area contributed by atoms with Gasteiger partial charge in [-0.05, 0) is 74.5 Å². The van der Waals surface area contributed by atoms with Gasteiger partial charge < -0.3 is 4.90 Å². The Bertz CT molecular complexity index is 1590. The van der Waals surface area contributed by atoms with E-state index >= 15 is 0 Å². The van der Waals surface area contributed by atoms with Crippen LogP contribution in [0.4, 0.5) is 10.1 Å². The van der Waals surface area contributed by atoms with Crippen molar-refractivity contribution in [3.05, 3.63) is 116 Å². The number of benzene rings is 3. The molecule has 0 fully saturated rings. The fraction of sp³-hybridized carbons (Fsp3) is 0.111. The Morgan fingerprint density at radius 1 is 0.971 bits per heavy atom. The van der Waals surface area contributed by atoms with Gasteiger partial charge in [-0.1, -0.05) is 12.1 Å². The molecule has 0 saturated carbocycles. The molecule has 0 atom stereocenters. The molecule has 0 unspecified atom stereocenters. The third kappa shape index (κ3) is 4.48. The zero-order chi connectivity index (χ0) is 24.5. The molecule has 1 amide bonds. The first-order valence-electron chi connectivity index (χ1n) is 11.0. The minimum atomic E-state index is -0.375. The Morgan fingerprint density at radius 3 is 2.37 bits per heavy atom. The Balaban J connectivity index is 1.50. The van der Waals surface area contributed by atoms with Gasteiger partial charge in [-0.2, -0.15) is 0 Å². The second-order valence-electron chi connectivity index (χ2n) is 8.09. The maximum absolute atomic E-state index is 13.5. The molecule has 0 bridgehead atoms. The number of carbonyl (C=O) groups excluding carboxylic acids is 1. The maximum atomic E-state index is 13.5. The van der Waals surface area contributed by atoms with Crippen molar-refractivity contribution in [3.63, 3.8) is 0 Å². The number of aryl methyl sites for hydroxylation is 2. The minimum Gasteiger partial charge on any atom is -0.302 e. The van der Waals surface area contributed by atoms with E-state index in [2.05, 4.69) is 9.97 Å². The molecule has 0 aliphatic heterocycles. The lowest BCUT2D eigenvalue weighted by Gasteiger charge is -2.22. The molecule has 0 radical (unpaired) electrons. The molecule has 8 heteroatoms. The van der Waals surface area contributed by atoms with Crippen LogP contribution in [0, 0.1) is 19.7 Å². The van der Waals surface area contributed by atoms with Gasteiger partial charge in [0.1, 0.15) is 11.6 Å². The van der Waals surface area contributed by atoms with Crippen LogP contribution in [0.1, 0.15) is 26.9 Å². The van der Waals surface area contributed by atoms with Crippen molar-refractivity contribution < 1.29 is 9.18 Å². The fourth-order valence-corrected chi connectivity index (χ4v) is 4.60. The molecule has 5 rings (SSSR count). The highest BCUT2D eigenvalue weighted by Gasteiger charge is 2.20. The van der Waals surface area contributed by atoms with Crippen molar-refractivity contribution in [1.82, 2.24) is 14.5 Å². The number of aromatic nitrogens is 3. The highest BCUT2D eigenvalue weighted by atomic mass is 32.1. The third-order valence-electron chi connectivity index (χ3n) is 5.69. The van der Waals surface area contributed by atoms with Gasteiger partial charge in [-0.25, -0.2) is 14.4 Å². The summed E-state index contributed by atoms with van der Waals surface area (Å²) in [6.07, 6.45) is 0. The minimum absolute atomic E-state index is 0.168. The van der Waals surface area contributed by atoms with Crippen molar-refractivity contribution in [2.75, 3.05) is 4.90 Å². The summed E-state index contributed by atoms with van der Waals surface area (Å²) in [5.41, 5.74) is 2.85. The number of anilines is 1. The summed E-state index contributed by atoms with van der Waals surface area (Å²) < 4.78 is 15.1. The molecule has 2 aromatic heterocycles. The van der Waals surface area contributed by atoms with Crippen LogP contribution in [0.25, 0.3) is 16.6 Å². The van der Waals surface area contributed by atoms with Crippen molar-refractivity contribution in [2.45, 2.75) is 20.4 Å². The second kappa shape index (κ2) is 9.23. The number of carbonyl (C=O) groups is 1. The molecule has 35 heavy (non-hydrogen) atoms. The van der Waals surface area contributed by atoms with Gasteiger partial charge in [0.05, 0.1) is 33.8 Å². The number of rotatable bonds is 5. The van der Waals surface area contributed by atoms with E-state index in [1.807, 2.05) is 24.4 Å². The maximum Gasteiger partial charge on any atom is 0.265 e. The van der Waals surface area contributed by atoms with Crippen molar-refractivity contribution in [2.24, 2.45) is 0 Å². The highest BCUT2D eigenvalue weighted by molar-refractivity contribution is 7.09. The summed E-state index contributed by atoms with van der Waals surface area (Å²) in [7, 11) is 0. The number of para-hydroxylation sites is 1. The normalized spacial score (nSPS) is 11.1. The van der Waals surface area contributed by atoms with Crippen molar-refractivity contribution >= 4 is 33.8 Å². The molecule has 0 spiro atoms. The second-order valence-corrected chi connectivity index (χ2v) is 9.15. The molecule has 0 saturated heterocycles. The molecular formula is C27H21FN4O2S. The zero-order valence-electron chi connectivity index (χ0n) is 19.1. The monoisotopic (exact) mass is 484 g/mol. The van der Waals surface area contributed by atoms with Crippen LogP contribution >= 0.6 is 11.3 Å². The van der Waals surface area contributed by atoms with Crippen LogP contribution in [0.3, 0.4) is 0 Å². The zero-order valence-corrected chi connectivity index (χ0v) is 19.9. The summed E-state index contributed by atoms with van der Waals surface area (Å²) in [5, 5.41) is 3.34. The van der Waals surface area contributed by atoms with Crippen LogP contribution in [0.2, 0.25) is 0 Å². The SMILES string of the molecule is Cc1nc(CN(C(=O)c2ccc(-n3c(C)nc4ccccc4c3=O)cc2)c2ccc(F)cc2)cs1. The van der Waals surface area contributed by atoms with Crippen molar-refractivity contribution in [3.8, 4) is 5.69 Å². The van der Waals surface area contributed by atoms with Crippen LogP contribution in [-0.4, -0.2) is 20.4 Å². The lowest BCUT2D eigenvalue weighted by molar-refractivity contribution is 0.0985. The number of halogens is 1. The molecule has 5 aromatic rings. The molecule has 0 aliphatic carbocycles. The van der Waals surface area contributed by atoms with Gasteiger partial charge in [-0.3, -0.25) is 14.2 Å². The van der Waals surface area contributed by atoms with Gasteiger partial charge in [0.2, 0.25) is 0 Å². The molecule has 0 aliphatic rings. The first kappa shape index (κ1) is 22.6. The van der Waals surface area contributed by atoms with E-state index in [4.69, 9.17) is 0 Å². The lowest BCUT2D eigenvalue weighted by Crippen LogP contribution is -2.30. The summed E-state index contributed by atoms with van der Waals surface area (Å²) in [6.45, 7) is 3.94. The Morgan fingerprint density at radius 2 is 1.69 bits per heavy atom. The van der Waals surface area contributed by atoms with E-state index < -0.39 is 0 Å². The third-order valence-corrected chi connectivity index (χ3v) is 6.51. The smallest absolute Gasteiger partial charge is 0.265 e. The number of fused-ring (bicyclic) bond motifs is 1. The van der Waals surface area contributed by atoms with Crippen LogP contribution in [-0.2, 0) is 6.54 Å². The van der Waals surface area contributed by atoms with Crippen LogP contribution in [0.5, 0.6) is 0 Å². The molecular weight excluding hydrogens is 463 g/mol. The Hall–Kier alpha value is -4.17. The number of nitrogens with zero attached hydrogens (tertiary/aromatic N) is 4. The van der Waals surface area contributed by atoms with E-state index in [0.29, 0.717) is 33.7 Å². The topological polar surface area (TPSA) is 68.1 Å². The average Bonchev–Trinajstić information content (AvgIpc) is 3.28. The summed E-state index contributed by atoms with van der Waals surface area (Å²) in [6, 6.07) is 19.8. The van der Waals surface area contributed by atoms with E-state index in [9.17, 15) is 14.0 Å². The molecule has 2 heterocycles. The Kier molecular flexibility index (Phi) is 5.96. The van der Waals surface area contributed by atoms with Gasteiger partial charge in [0, 0.05) is 16.6 Å². The van der Waals surface area contributed by atoms with E-state index in [0.717, 1.165) is 10.7 Å². The molecule has 174 valence electrons. The Labute approximate surface area is 205 Å². The van der Waals surface area contributed by atoms with Gasteiger partial charge in [0.25, 0.3) is 11.5 Å². The van der Waals surface area contributed by atoms with Crippen LogP contribution in [0.15, 0.2) is 83.0 Å². The average molecular weight is 485 g/mol. The van der Waals surface area contributed by atoms with Gasteiger partial charge in [-0.15, -0.1) is 11.3 Å². The highest BCUT2D eigenvalue weighted by Crippen LogP contribution is 2.22. The number of amides is 1. The standard InChI is InChI=1S/C27H21FN4O2S/c1-17-29-25-6-4-3-5-24(25)27(34)32(17)23-11-7-19(8-12-23)26(33)31(15-21-16-35-18(2)30-21)22-13-9-20(28)10-14-22/h3-14,16H,15H2,1-2H3. The van der Waals surface area contributed by atoms with Crippen LogP contribution < -0.4 is 10.5 Å². The summed E-state index contributed by atoms with van der Waals surface area (Å²) in [4.78, 5) is 37.2. The quantitative estimate of drug-likeness (QED) is 0.333. The van der Waals surface area contributed by atoms with Crippen molar-refractivity contribution in [1.29, 1.82) is 0 Å². The number of hydrogen-bond donors (Lipinski definition) is 0. The fourth-order valence-electron chi connectivity index (χ4n) is 4.00. The molecule has 6 nitrogen and oxygen atoms in total. The molecule has 3 aromatic carbocycles. The summed E-state index contributed by atoms with van der Waals surface area (Å²) in [5.74, 6) is -0.0751. The predicted molar refractivity (Wildman–Crippen MR) is 136 cm³/mol. The van der Waals surface area contributed by atoms with E-state index in [1.165, 1.54) is 28.0 Å². The van der Waals surface area contributed by atoms with E-state index in [-0.39, 0.29) is 23.8 Å². The first-order valence-corrected chi connectivity index (χ1v) is 11.9. The molecule has 0 N–H and O–H groups in total.